The monoisotopic (exact) mass is 333 g/mol. The molecule has 2 aliphatic rings. The molecule has 0 amide bonds. The molecule has 3 unspecified atom stereocenters. The molecule has 0 aromatic heterocycles. The van der Waals surface area contributed by atoms with Gasteiger partial charge < -0.3 is 19.5 Å². The molecule has 2 saturated heterocycles. The van der Waals surface area contributed by atoms with Crippen LogP contribution < -0.4 is 0 Å². The van der Waals surface area contributed by atoms with Gasteiger partial charge in [-0.1, -0.05) is 30.3 Å². The van der Waals surface area contributed by atoms with Gasteiger partial charge in [0.25, 0.3) is 0 Å². The van der Waals surface area contributed by atoms with Crippen molar-refractivity contribution in [2.45, 2.75) is 50.2 Å². The van der Waals surface area contributed by atoms with E-state index in [1.807, 2.05) is 0 Å². The van der Waals surface area contributed by atoms with Crippen LogP contribution in [0.25, 0.3) is 0 Å². The smallest absolute Gasteiger partial charge is 0.0900 e. The minimum absolute atomic E-state index is 0.238. The topological polar surface area (TPSA) is 41.9 Å². The first-order valence-corrected chi connectivity index (χ1v) is 9.46. The zero-order valence-electron chi connectivity index (χ0n) is 14.6. The maximum absolute atomic E-state index is 10.2. The summed E-state index contributed by atoms with van der Waals surface area (Å²) < 4.78 is 11.2. The fourth-order valence-electron chi connectivity index (χ4n) is 3.86. The molecule has 0 radical (unpaired) electrons. The summed E-state index contributed by atoms with van der Waals surface area (Å²) in [5, 5.41) is 10.2. The van der Waals surface area contributed by atoms with E-state index in [2.05, 4.69) is 35.2 Å². The molecule has 0 spiro atoms. The lowest BCUT2D eigenvalue weighted by molar-refractivity contribution is -0.0249. The number of aliphatic hydroxyl groups is 1. The summed E-state index contributed by atoms with van der Waals surface area (Å²) in [6, 6.07) is 10.8. The Morgan fingerprint density at radius 2 is 2.00 bits per heavy atom. The Bertz CT molecular complexity index is 461. The molecule has 2 heterocycles. The van der Waals surface area contributed by atoms with E-state index in [0.29, 0.717) is 25.7 Å². The summed E-state index contributed by atoms with van der Waals surface area (Å²) in [5.74, 6) is 0.657. The number of likely N-dealkylation sites (tertiary alicyclic amines) is 1. The molecule has 1 N–H and O–H groups in total. The minimum Gasteiger partial charge on any atom is -0.389 e. The number of β-amino-alcohol motifs (C(OH)–C–C–N with tert-alkyl or cyclic N) is 1. The van der Waals surface area contributed by atoms with E-state index in [0.717, 1.165) is 32.5 Å². The van der Waals surface area contributed by atoms with Crippen molar-refractivity contribution in [1.29, 1.82) is 0 Å². The summed E-state index contributed by atoms with van der Waals surface area (Å²) in [4.78, 5) is 2.39. The molecule has 2 fully saturated rings. The number of ether oxygens (including phenoxy) is 2. The lowest BCUT2D eigenvalue weighted by Gasteiger charge is -2.23. The third-order valence-corrected chi connectivity index (χ3v) is 5.20. The zero-order valence-corrected chi connectivity index (χ0v) is 14.6. The molecular weight excluding hydrogens is 302 g/mol. The summed E-state index contributed by atoms with van der Waals surface area (Å²) >= 11 is 0. The van der Waals surface area contributed by atoms with Crippen LogP contribution in [-0.2, 0) is 9.47 Å². The zero-order chi connectivity index (χ0) is 16.6. The quantitative estimate of drug-likeness (QED) is 0.833. The molecule has 1 aromatic rings. The predicted octanol–water partition coefficient (Wildman–Crippen LogP) is 2.81. The molecule has 2 aliphatic heterocycles. The molecule has 134 valence electrons. The van der Waals surface area contributed by atoms with Crippen molar-refractivity contribution < 1.29 is 14.6 Å². The highest BCUT2D eigenvalue weighted by atomic mass is 16.5. The van der Waals surface area contributed by atoms with Crippen LogP contribution in [0.15, 0.2) is 30.3 Å². The van der Waals surface area contributed by atoms with Gasteiger partial charge in [0.1, 0.15) is 0 Å². The summed E-state index contributed by atoms with van der Waals surface area (Å²) in [6.45, 7) is 4.74. The fraction of sp³-hybridized carbons (Fsp3) is 0.700. The molecule has 3 atom stereocenters. The first-order valence-electron chi connectivity index (χ1n) is 9.46. The Balaban J connectivity index is 1.36. The average molecular weight is 333 g/mol. The summed E-state index contributed by atoms with van der Waals surface area (Å²) in [6.07, 6.45) is 5.67. The molecule has 3 rings (SSSR count). The van der Waals surface area contributed by atoms with Crippen LogP contribution >= 0.6 is 0 Å². The number of benzene rings is 1. The van der Waals surface area contributed by atoms with Crippen LogP contribution in [0.1, 0.15) is 43.6 Å². The van der Waals surface area contributed by atoms with Gasteiger partial charge in [0.05, 0.1) is 25.4 Å². The van der Waals surface area contributed by atoms with Crippen LogP contribution in [0.5, 0.6) is 0 Å². The Kier molecular flexibility index (Phi) is 7.09. The minimum atomic E-state index is -0.403. The van der Waals surface area contributed by atoms with Crippen molar-refractivity contribution in [3.63, 3.8) is 0 Å². The van der Waals surface area contributed by atoms with E-state index in [4.69, 9.17) is 9.47 Å². The first-order chi connectivity index (χ1) is 11.8. The number of hydrogen-bond donors (Lipinski definition) is 1. The Morgan fingerprint density at radius 1 is 1.12 bits per heavy atom. The molecule has 1 aromatic carbocycles. The van der Waals surface area contributed by atoms with Gasteiger partial charge in [-0.3, -0.25) is 0 Å². The van der Waals surface area contributed by atoms with Crippen molar-refractivity contribution in [1.82, 2.24) is 4.90 Å². The van der Waals surface area contributed by atoms with Gasteiger partial charge in [-0.25, -0.2) is 0 Å². The van der Waals surface area contributed by atoms with Gasteiger partial charge in [0, 0.05) is 13.2 Å². The third kappa shape index (κ3) is 5.55. The number of aliphatic hydroxyl groups excluding tert-OH is 1. The largest absolute Gasteiger partial charge is 0.389 e. The second kappa shape index (κ2) is 9.52. The highest BCUT2D eigenvalue weighted by Crippen LogP contribution is 2.27. The second-order valence-corrected chi connectivity index (χ2v) is 7.17. The van der Waals surface area contributed by atoms with Crippen LogP contribution in [-0.4, -0.2) is 61.7 Å². The van der Waals surface area contributed by atoms with E-state index in [1.54, 1.807) is 0 Å². The maximum Gasteiger partial charge on any atom is 0.0900 e. The Labute approximate surface area is 145 Å². The van der Waals surface area contributed by atoms with Crippen LogP contribution in [0.3, 0.4) is 0 Å². The van der Waals surface area contributed by atoms with Gasteiger partial charge in [-0.15, -0.1) is 0 Å². The van der Waals surface area contributed by atoms with Crippen molar-refractivity contribution in [3.8, 4) is 0 Å². The molecule has 0 saturated carbocycles. The number of rotatable bonds is 7. The standard InChI is InChI=1S/C20H31NO3/c22-19(15-23-16-20-9-5-13-24-20)14-21-11-4-8-18(10-12-21)17-6-2-1-3-7-17/h1-3,6-7,18-20,22H,4-5,8-16H2. The number of hydrogen-bond acceptors (Lipinski definition) is 4. The van der Waals surface area contributed by atoms with E-state index < -0.39 is 6.10 Å². The predicted molar refractivity (Wildman–Crippen MR) is 95.3 cm³/mol. The van der Waals surface area contributed by atoms with Gasteiger partial charge in [0.2, 0.25) is 0 Å². The van der Waals surface area contributed by atoms with Gasteiger partial charge in [-0.2, -0.15) is 0 Å². The van der Waals surface area contributed by atoms with Crippen LogP contribution in [0, 0.1) is 0 Å². The first kappa shape index (κ1) is 17.9. The van der Waals surface area contributed by atoms with E-state index in [-0.39, 0.29) is 6.10 Å². The lowest BCUT2D eigenvalue weighted by atomic mass is 9.92. The van der Waals surface area contributed by atoms with Gasteiger partial charge in [-0.05, 0) is 56.7 Å². The Hall–Kier alpha value is -0.940. The summed E-state index contributed by atoms with van der Waals surface area (Å²) in [5.41, 5.74) is 1.46. The van der Waals surface area contributed by atoms with E-state index in [9.17, 15) is 5.11 Å². The van der Waals surface area contributed by atoms with Crippen molar-refractivity contribution in [2.75, 3.05) is 39.5 Å². The molecule has 4 heteroatoms. The second-order valence-electron chi connectivity index (χ2n) is 7.17. The van der Waals surface area contributed by atoms with E-state index >= 15 is 0 Å². The number of nitrogens with zero attached hydrogens (tertiary/aromatic N) is 1. The fourth-order valence-corrected chi connectivity index (χ4v) is 3.86. The molecule has 4 nitrogen and oxygen atoms in total. The van der Waals surface area contributed by atoms with Crippen molar-refractivity contribution >= 4 is 0 Å². The molecule has 24 heavy (non-hydrogen) atoms. The molecule has 0 bridgehead atoms. The van der Waals surface area contributed by atoms with Crippen LogP contribution in [0.2, 0.25) is 0 Å². The summed E-state index contributed by atoms with van der Waals surface area (Å²) in [7, 11) is 0. The average Bonchev–Trinajstić information content (AvgIpc) is 3.01. The lowest BCUT2D eigenvalue weighted by Crippen LogP contribution is -2.36. The third-order valence-electron chi connectivity index (χ3n) is 5.20. The molecular formula is C20H31NO3. The highest BCUT2D eigenvalue weighted by molar-refractivity contribution is 5.19. The molecule has 0 aliphatic carbocycles. The van der Waals surface area contributed by atoms with Crippen molar-refractivity contribution in [2.24, 2.45) is 0 Å². The van der Waals surface area contributed by atoms with Gasteiger partial charge >= 0.3 is 0 Å². The Morgan fingerprint density at radius 3 is 2.79 bits per heavy atom. The highest BCUT2D eigenvalue weighted by Gasteiger charge is 2.21. The normalized spacial score (nSPS) is 27.0. The van der Waals surface area contributed by atoms with Crippen molar-refractivity contribution in [3.05, 3.63) is 35.9 Å². The van der Waals surface area contributed by atoms with Gasteiger partial charge in [0.15, 0.2) is 0 Å². The maximum atomic E-state index is 10.2. The SMILES string of the molecule is OC(COCC1CCCO1)CN1CCCC(c2ccccc2)CC1. The van der Waals surface area contributed by atoms with E-state index in [1.165, 1.54) is 24.8 Å². The van der Waals surface area contributed by atoms with Crippen LogP contribution in [0.4, 0.5) is 0 Å².